The summed E-state index contributed by atoms with van der Waals surface area (Å²) in [5, 5.41) is 24.2. The molecule has 0 saturated carbocycles. The van der Waals surface area contributed by atoms with E-state index in [4.69, 9.17) is 37.0 Å². The van der Waals surface area contributed by atoms with Gasteiger partial charge in [0.15, 0.2) is 0 Å². The molecule has 6 nitrogen and oxygen atoms in total. The Morgan fingerprint density at radius 1 is 1.05 bits per heavy atom. The van der Waals surface area contributed by atoms with Crippen molar-refractivity contribution in [3.8, 4) is 11.5 Å². The molecule has 1 aliphatic heterocycles. The van der Waals surface area contributed by atoms with Gasteiger partial charge in [-0.3, -0.25) is 5.41 Å². The van der Waals surface area contributed by atoms with Gasteiger partial charge in [-0.25, -0.2) is 0 Å². The second-order valence-corrected chi connectivity index (χ2v) is 8.97. The second kappa shape index (κ2) is 13.3. The molecule has 3 N–H and O–H groups in total. The molecular formula is C29H32ClCoN3O3. The Labute approximate surface area is 234 Å². The number of aliphatic hydroxyl groups is 1. The van der Waals surface area contributed by atoms with Crippen molar-refractivity contribution in [2.24, 2.45) is 0 Å². The topological polar surface area (TPSA) is 89.6 Å². The monoisotopic (exact) mass is 564 g/mol. The Balaban J connectivity index is 0.000000339. The van der Waals surface area contributed by atoms with Crippen LogP contribution in [0.1, 0.15) is 30.5 Å². The van der Waals surface area contributed by atoms with Crippen LogP contribution in [0.4, 0.5) is 5.69 Å². The van der Waals surface area contributed by atoms with E-state index in [1.807, 2.05) is 24.3 Å². The van der Waals surface area contributed by atoms with Gasteiger partial charge in [0.05, 0.1) is 19.8 Å². The molecule has 1 unspecified atom stereocenters. The number of likely N-dealkylation sites (N-methyl/N-ethyl adjacent to an activating group) is 1. The predicted octanol–water partition coefficient (Wildman–Crippen LogP) is 6.80. The van der Waals surface area contributed by atoms with Crippen LogP contribution >= 0.6 is 11.6 Å². The fourth-order valence-corrected chi connectivity index (χ4v) is 4.74. The SMILES string of the molecule is CCN1/C(=C\C=N)C(C)(Cc2ccc(Cl)cc2)c2cc(OC)ccc21.COc1ccccc1C(=N)O.[Co]. The maximum absolute atomic E-state index is 8.84. The first-order valence-electron chi connectivity index (χ1n) is 11.6. The van der Waals surface area contributed by atoms with E-state index in [1.165, 1.54) is 30.1 Å². The zero-order chi connectivity index (χ0) is 26.3. The van der Waals surface area contributed by atoms with Gasteiger partial charge in [0.25, 0.3) is 0 Å². The van der Waals surface area contributed by atoms with Crippen molar-refractivity contribution in [2.75, 3.05) is 25.7 Å². The molecule has 1 aliphatic rings. The van der Waals surface area contributed by atoms with Gasteiger partial charge in [0, 0.05) is 51.4 Å². The summed E-state index contributed by atoms with van der Waals surface area (Å²) in [5.74, 6) is 0.899. The van der Waals surface area contributed by atoms with Crippen molar-refractivity contribution in [3.63, 3.8) is 0 Å². The van der Waals surface area contributed by atoms with Gasteiger partial charge in [-0.1, -0.05) is 35.9 Å². The molecule has 0 saturated heterocycles. The minimum Gasteiger partial charge on any atom is -0.497 e. The minimum absolute atomic E-state index is 0. The van der Waals surface area contributed by atoms with Crippen molar-refractivity contribution in [1.82, 2.24) is 0 Å². The smallest absolute Gasteiger partial charge is 0.214 e. The number of anilines is 1. The number of nitrogens with zero attached hydrogens (tertiary/aromatic N) is 1. The van der Waals surface area contributed by atoms with Gasteiger partial charge in [0.1, 0.15) is 11.5 Å². The molecule has 8 heteroatoms. The standard InChI is InChI=1S/C21H23ClN2O.C8H9NO2.Co/c1-4-24-19-10-9-17(25-3)13-18(19)21(2,20(24)11-12-23)14-15-5-7-16(22)8-6-15;1-11-7-5-3-2-4-6(7)8(9)10;/h5-13,23H,4,14H2,1-3H3;2-5H,1H3,(H2,9,10);/b20-11-,23-12?;;. The quantitative estimate of drug-likeness (QED) is 0.217. The van der Waals surface area contributed by atoms with E-state index in [2.05, 4.69) is 43.0 Å². The van der Waals surface area contributed by atoms with Crippen molar-refractivity contribution in [2.45, 2.75) is 25.7 Å². The molecule has 1 radical (unpaired) electrons. The van der Waals surface area contributed by atoms with Crippen molar-refractivity contribution < 1.29 is 31.4 Å². The van der Waals surface area contributed by atoms with E-state index >= 15 is 0 Å². The number of hydrogen-bond acceptors (Lipinski definition) is 5. The van der Waals surface area contributed by atoms with E-state index < -0.39 is 5.90 Å². The summed E-state index contributed by atoms with van der Waals surface area (Å²) in [6.07, 6.45) is 4.12. The molecule has 1 heterocycles. The van der Waals surface area contributed by atoms with Crippen LogP contribution in [0.5, 0.6) is 11.5 Å². The summed E-state index contributed by atoms with van der Waals surface area (Å²) >= 11 is 6.04. The third-order valence-corrected chi connectivity index (χ3v) is 6.59. The zero-order valence-corrected chi connectivity index (χ0v) is 23.1. The van der Waals surface area contributed by atoms with E-state index in [1.54, 1.807) is 31.4 Å². The molecule has 197 valence electrons. The number of aliphatic hydroxyl groups excluding tert-OH is 1. The molecule has 0 spiro atoms. The molecule has 0 amide bonds. The minimum atomic E-state index is -0.470. The molecule has 0 aliphatic carbocycles. The summed E-state index contributed by atoms with van der Waals surface area (Å²) in [6, 6.07) is 21.1. The summed E-state index contributed by atoms with van der Waals surface area (Å²) in [4.78, 5) is 2.29. The first-order valence-corrected chi connectivity index (χ1v) is 12.0. The Kier molecular flexibility index (Phi) is 10.8. The number of methoxy groups -OCH3 is 2. The molecule has 0 aromatic heterocycles. The van der Waals surface area contributed by atoms with Crippen LogP contribution < -0.4 is 14.4 Å². The maximum atomic E-state index is 8.84. The number of ether oxygens (including phenoxy) is 2. The summed E-state index contributed by atoms with van der Waals surface area (Å²) in [7, 11) is 3.20. The Morgan fingerprint density at radius 2 is 1.73 bits per heavy atom. The van der Waals surface area contributed by atoms with Crippen molar-refractivity contribution >= 4 is 29.4 Å². The summed E-state index contributed by atoms with van der Waals surface area (Å²) < 4.78 is 10.4. The molecule has 1 atom stereocenters. The van der Waals surface area contributed by atoms with Gasteiger partial charge in [-0.15, -0.1) is 0 Å². The number of nitrogens with one attached hydrogen (secondary N) is 2. The van der Waals surface area contributed by atoms with E-state index in [0.29, 0.717) is 11.3 Å². The number of hydrogen-bond donors (Lipinski definition) is 3. The number of rotatable bonds is 7. The van der Waals surface area contributed by atoms with Gasteiger partial charge < -0.3 is 24.9 Å². The van der Waals surface area contributed by atoms with Gasteiger partial charge in [-0.05, 0) is 79.9 Å². The molecule has 37 heavy (non-hydrogen) atoms. The van der Waals surface area contributed by atoms with Crippen LogP contribution in [0.25, 0.3) is 0 Å². The van der Waals surface area contributed by atoms with Gasteiger partial charge in [-0.2, -0.15) is 0 Å². The molecule has 3 aromatic carbocycles. The normalized spacial score (nSPS) is 16.7. The van der Waals surface area contributed by atoms with Crippen molar-refractivity contribution in [3.05, 3.63) is 100 Å². The number of halogens is 1. The van der Waals surface area contributed by atoms with Crippen LogP contribution in [0.2, 0.25) is 5.02 Å². The largest absolute Gasteiger partial charge is 0.497 e. The van der Waals surface area contributed by atoms with E-state index in [9.17, 15) is 0 Å². The van der Waals surface area contributed by atoms with Crippen LogP contribution in [0.3, 0.4) is 0 Å². The van der Waals surface area contributed by atoms with E-state index in [0.717, 1.165) is 29.4 Å². The Bertz CT molecular complexity index is 1260. The molecule has 0 fully saturated rings. The molecular weight excluding hydrogens is 533 g/mol. The van der Waals surface area contributed by atoms with E-state index in [-0.39, 0.29) is 22.2 Å². The van der Waals surface area contributed by atoms with Crippen molar-refractivity contribution in [1.29, 1.82) is 10.8 Å². The summed E-state index contributed by atoms with van der Waals surface area (Å²) in [5.41, 5.74) is 4.96. The van der Waals surface area contributed by atoms with Gasteiger partial charge >= 0.3 is 0 Å². The first kappa shape index (κ1) is 30.0. The third kappa shape index (κ3) is 6.55. The number of allylic oxidation sites excluding steroid dienone is 2. The average molecular weight is 565 g/mol. The number of benzene rings is 3. The predicted molar refractivity (Wildman–Crippen MR) is 148 cm³/mol. The maximum Gasteiger partial charge on any atom is 0.214 e. The van der Waals surface area contributed by atoms with Gasteiger partial charge in [0.2, 0.25) is 5.90 Å². The van der Waals surface area contributed by atoms with Crippen LogP contribution in [-0.2, 0) is 28.6 Å². The van der Waals surface area contributed by atoms with Crippen LogP contribution in [0, 0.1) is 10.8 Å². The fraction of sp³-hybridized carbons (Fsp3) is 0.241. The Morgan fingerprint density at radius 3 is 2.27 bits per heavy atom. The number of para-hydroxylation sites is 1. The first-order chi connectivity index (χ1) is 17.3. The summed E-state index contributed by atoms with van der Waals surface area (Å²) in [6.45, 7) is 5.24. The van der Waals surface area contributed by atoms with Crippen LogP contribution in [-0.4, -0.2) is 38.0 Å². The fourth-order valence-electron chi connectivity index (χ4n) is 4.62. The average Bonchev–Trinajstić information content (AvgIpc) is 3.12. The third-order valence-electron chi connectivity index (χ3n) is 6.34. The zero-order valence-electron chi connectivity index (χ0n) is 21.3. The second-order valence-electron chi connectivity index (χ2n) is 8.53. The molecule has 3 aromatic rings. The Hall–Kier alpha value is -3.26. The van der Waals surface area contributed by atoms with Crippen LogP contribution in [0.15, 0.2) is 78.5 Å². The molecule has 0 bridgehead atoms. The molecule has 4 rings (SSSR count). The number of fused-ring (bicyclic) bond motifs is 1.